The number of isocyanates is 1. The van der Waals surface area contributed by atoms with Gasteiger partial charge in [-0.05, 0) is 12.1 Å². The average Bonchev–Trinajstić information content (AvgIpc) is 2.03. The molecular formula is C8H5ClFNO. The highest BCUT2D eigenvalue weighted by molar-refractivity contribution is 6.30. The Morgan fingerprint density at radius 1 is 1.58 bits per heavy atom. The Morgan fingerprint density at radius 2 is 2.33 bits per heavy atom. The van der Waals surface area contributed by atoms with E-state index in [2.05, 4.69) is 4.99 Å². The third kappa shape index (κ3) is 2.16. The van der Waals surface area contributed by atoms with Gasteiger partial charge >= 0.3 is 0 Å². The highest BCUT2D eigenvalue weighted by Gasteiger charge is 2.00. The van der Waals surface area contributed by atoms with Crippen LogP contribution in [0.15, 0.2) is 23.2 Å². The molecule has 4 heteroatoms. The molecular weight excluding hydrogens is 181 g/mol. The molecule has 1 aromatic rings. The molecule has 0 aliphatic carbocycles. The summed E-state index contributed by atoms with van der Waals surface area (Å²) in [4.78, 5) is 13.0. The van der Waals surface area contributed by atoms with Crippen molar-refractivity contribution >= 4 is 17.7 Å². The molecule has 1 aromatic carbocycles. The molecule has 0 N–H and O–H groups in total. The van der Waals surface area contributed by atoms with Crippen LogP contribution in [0, 0.1) is 5.82 Å². The van der Waals surface area contributed by atoms with Gasteiger partial charge in [0.05, 0.1) is 6.54 Å². The van der Waals surface area contributed by atoms with Gasteiger partial charge in [-0.3, -0.25) is 0 Å². The van der Waals surface area contributed by atoms with Crippen molar-refractivity contribution in [3.05, 3.63) is 34.6 Å². The molecule has 0 atom stereocenters. The second kappa shape index (κ2) is 4.00. The summed E-state index contributed by atoms with van der Waals surface area (Å²) in [5, 5.41) is 0.325. The number of aliphatic imine (C=N–C) groups is 1. The lowest BCUT2D eigenvalue weighted by atomic mass is 10.2. The van der Waals surface area contributed by atoms with E-state index in [-0.39, 0.29) is 6.54 Å². The Hall–Kier alpha value is -1.18. The Bertz CT molecular complexity index is 334. The maximum atomic E-state index is 12.9. The van der Waals surface area contributed by atoms with Gasteiger partial charge in [-0.25, -0.2) is 14.2 Å². The van der Waals surface area contributed by atoms with Gasteiger partial charge in [-0.1, -0.05) is 17.7 Å². The zero-order valence-corrected chi connectivity index (χ0v) is 6.81. The number of nitrogens with zero attached hydrogens (tertiary/aromatic N) is 1. The number of hydrogen-bond acceptors (Lipinski definition) is 2. The first-order chi connectivity index (χ1) is 5.74. The van der Waals surface area contributed by atoms with Crippen molar-refractivity contribution in [2.45, 2.75) is 6.54 Å². The third-order valence-corrected chi connectivity index (χ3v) is 1.56. The van der Waals surface area contributed by atoms with E-state index in [1.807, 2.05) is 0 Å². The molecule has 0 unspecified atom stereocenters. The molecule has 12 heavy (non-hydrogen) atoms. The van der Waals surface area contributed by atoms with Crippen LogP contribution in [0.2, 0.25) is 5.02 Å². The van der Waals surface area contributed by atoms with Crippen molar-refractivity contribution in [1.29, 1.82) is 0 Å². The number of carbonyl (C=O) groups excluding carboxylic acids is 1. The fourth-order valence-corrected chi connectivity index (χ4v) is 0.926. The quantitative estimate of drug-likeness (QED) is 0.514. The summed E-state index contributed by atoms with van der Waals surface area (Å²) >= 11 is 5.50. The first kappa shape index (κ1) is 8.91. The Balaban J connectivity index is 2.93. The molecule has 0 aliphatic heterocycles. The van der Waals surface area contributed by atoms with E-state index in [9.17, 15) is 9.18 Å². The van der Waals surface area contributed by atoms with E-state index < -0.39 is 5.82 Å². The van der Waals surface area contributed by atoms with Gasteiger partial charge in [-0.2, -0.15) is 0 Å². The highest BCUT2D eigenvalue weighted by atomic mass is 35.5. The van der Waals surface area contributed by atoms with E-state index in [4.69, 9.17) is 11.6 Å². The predicted octanol–water partition coefficient (Wildman–Crippen LogP) is 2.31. The monoisotopic (exact) mass is 185 g/mol. The van der Waals surface area contributed by atoms with Gasteiger partial charge in [0.15, 0.2) is 0 Å². The number of rotatable bonds is 2. The molecule has 0 saturated carbocycles. The van der Waals surface area contributed by atoms with Gasteiger partial charge in [-0.15, -0.1) is 0 Å². The summed E-state index contributed by atoms with van der Waals surface area (Å²) in [6.07, 6.45) is 1.33. The molecule has 0 bridgehead atoms. The molecule has 0 spiro atoms. The van der Waals surface area contributed by atoms with Gasteiger partial charge in [0.1, 0.15) is 5.82 Å². The molecule has 0 saturated heterocycles. The lowest BCUT2D eigenvalue weighted by Crippen LogP contribution is -1.87. The van der Waals surface area contributed by atoms with Gasteiger partial charge < -0.3 is 0 Å². The van der Waals surface area contributed by atoms with Crippen LogP contribution in [0.5, 0.6) is 0 Å². The number of hydrogen-bond donors (Lipinski definition) is 0. The predicted molar refractivity (Wildman–Crippen MR) is 43.2 cm³/mol. The van der Waals surface area contributed by atoms with Crippen LogP contribution >= 0.6 is 11.6 Å². The summed E-state index contributed by atoms with van der Waals surface area (Å²) in [5.74, 6) is -0.457. The standard InChI is InChI=1S/C8H5ClFNO/c9-7-2-1-6(4-11-5-12)8(10)3-7/h1-3H,4H2. The molecule has 0 fully saturated rings. The minimum Gasteiger partial charge on any atom is -0.211 e. The molecule has 0 heterocycles. The van der Waals surface area contributed by atoms with E-state index in [1.54, 1.807) is 6.07 Å². The van der Waals surface area contributed by atoms with E-state index in [0.29, 0.717) is 10.6 Å². The lowest BCUT2D eigenvalue weighted by molar-refractivity contribution is 0.561. The molecule has 0 radical (unpaired) electrons. The number of benzene rings is 1. The molecule has 2 nitrogen and oxygen atoms in total. The molecule has 0 aromatic heterocycles. The van der Waals surface area contributed by atoms with E-state index in [0.717, 1.165) is 0 Å². The van der Waals surface area contributed by atoms with Crippen LogP contribution in [0.1, 0.15) is 5.56 Å². The first-order valence-corrected chi connectivity index (χ1v) is 3.59. The normalized spacial score (nSPS) is 9.17. The van der Waals surface area contributed by atoms with Gasteiger partial charge in [0, 0.05) is 10.6 Å². The van der Waals surface area contributed by atoms with Crippen molar-refractivity contribution < 1.29 is 9.18 Å². The largest absolute Gasteiger partial charge is 0.235 e. The molecule has 0 amide bonds. The van der Waals surface area contributed by atoms with Crippen LogP contribution in [0.3, 0.4) is 0 Å². The maximum absolute atomic E-state index is 12.9. The van der Waals surface area contributed by atoms with Crippen LogP contribution in [-0.2, 0) is 11.3 Å². The fraction of sp³-hybridized carbons (Fsp3) is 0.125. The summed E-state index contributed by atoms with van der Waals surface area (Å²) in [7, 11) is 0. The van der Waals surface area contributed by atoms with Crippen molar-refractivity contribution in [3.8, 4) is 0 Å². The van der Waals surface area contributed by atoms with Gasteiger partial charge in [0.2, 0.25) is 6.08 Å². The third-order valence-electron chi connectivity index (χ3n) is 1.33. The van der Waals surface area contributed by atoms with Crippen LogP contribution in [-0.4, -0.2) is 6.08 Å². The second-order valence-corrected chi connectivity index (χ2v) is 2.58. The van der Waals surface area contributed by atoms with Crippen LogP contribution in [0.25, 0.3) is 0 Å². The fourth-order valence-electron chi connectivity index (χ4n) is 0.767. The Labute approximate surface area is 73.7 Å². The maximum Gasteiger partial charge on any atom is 0.235 e. The smallest absolute Gasteiger partial charge is 0.211 e. The van der Waals surface area contributed by atoms with Crippen LogP contribution in [0.4, 0.5) is 4.39 Å². The molecule has 62 valence electrons. The van der Waals surface area contributed by atoms with E-state index in [1.165, 1.54) is 18.2 Å². The zero-order valence-electron chi connectivity index (χ0n) is 6.05. The average molecular weight is 186 g/mol. The number of halogens is 2. The summed E-state index contributed by atoms with van der Waals surface area (Å²) in [5.41, 5.74) is 0.336. The second-order valence-electron chi connectivity index (χ2n) is 2.14. The summed E-state index contributed by atoms with van der Waals surface area (Å²) in [6, 6.07) is 4.20. The molecule has 0 aliphatic rings. The summed E-state index contributed by atoms with van der Waals surface area (Å²) in [6.45, 7) is 0.00645. The molecule has 1 rings (SSSR count). The highest BCUT2D eigenvalue weighted by Crippen LogP contribution is 2.14. The first-order valence-electron chi connectivity index (χ1n) is 3.21. The summed E-state index contributed by atoms with van der Waals surface area (Å²) < 4.78 is 12.9. The minimum absolute atomic E-state index is 0.00645. The Kier molecular flexibility index (Phi) is 2.97. The van der Waals surface area contributed by atoms with Crippen LogP contribution < -0.4 is 0 Å². The minimum atomic E-state index is -0.457. The van der Waals surface area contributed by atoms with Crippen molar-refractivity contribution in [2.24, 2.45) is 4.99 Å². The van der Waals surface area contributed by atoms with Gasteiger partial charge in [0.25, 0.3) is 0 Å². The van der Waals surface area contributed by atoms with Crippen molar-refractivity contribution in [3.63, 3.8) is 0 Å². The topological polar surface area (TPSA) is 29.4 Å². The lowest BCUT2D eigenvalue weighted by Gasteiger charge is -1.97. The zero-order chi connectivity index (χ0) is 8.97. The Morgan fingerprint density at radius 3 is 2.92 bits per heavy atom. The van der Waals surface area contributed by atoms with Crippen molar-refractivity contribution in [1.82, 2.24) is 0 Å². The van der Waals surface area contributed by atoms with E-state index >= 15 is 0 Å². The SMILES string of the molecule is O=C=NCc1ccc(Cl)cc1F. The van der Waals surface area contributed by atoms with Crippen molar-refractivity contribution in [2.75, 3.05) is 0 Å².